The second-order valence-corrected chi connectivity index (χ2v) is 4.42. The van der Waals surface area contributed by atoms with Crippen molar-refractivity contribution in [1.82, 2.24) is 0 Å². The maximum atomic E-state index is 12.7. The van der Waals surface area contributed by atoms with E-state index in [4.69, 9.17) is 23.2 Å². The summed E-state index contributed by atoms with van der Waals surface area (Å²) in [6.45, 7) is 0.614. The van der Waals surface area contributed by atoms with Crippen molar-refractivity contribution in [2.45, 2.75) is 6.54 Å². The third-order valence-electron chi connectivity index (χ3n) is 2.32. The molecule has 2 aromatic carbocycles. The summed E-state index contributed by atoms with van der Waals surface area (Å²) >= 11 is 11.7. The Hall–Kier alpha value is -1.25. The second kappa shape index (κ2) is 5.39. The molecule has 0 saturated carbocycles. The van der Waals surface area contributed by atoms with Crippen molar-refractivity contribution >= 4 is 28.9 Å². The van der Waals surface area contributed by atoms with Gasteiger partial charge in [-0.2, -0.15) is 0 Å². The van der Waals surface area contributed by atoms with Gasteiger partial charge in [-0.15, -0.1) is 0 Å². The molecule has 0 aliphatic carbocycles. The molecule has 88 valence electrons. The molecule has 17 heavy (non-hydrogen) atoms. The van der Waals surface area contributed by atoms with Crippen LogP contribution >= 0.6 is 23.2 Å². The van der Waals surface area contributed by atoms with Gasteiger partial charge in [-0.05, 0) is 42.0 Å². The molecule has 1 N–H and O–H groups in total. The number of hydrogen-bond acceptors (Lipinski definition) is 1. The van der Waals surface area contributed by atoms with Crippen LogP contribution in [0.15, 0.2) is 42.5 Å². The first-order valence-electron chi connectivity index (χ1n) is 5.08. The third-order valence-corrected chi connectivity index (χ3v) is 3.06. The Kier molecular flexibility index (Phi) is 3.87. The summed E-state index contributed by atoms with van der Waals surface area (Å²) in [5.74, 6) is -0.245. The van der Waals surface area contributed by atoms with Crippen LogP contribution in [-0.2, 0) is 6.54 Å². The van der Waals surface area contributed by atoms with Gasteiger partial charge in [-0.25, -0.2) is 4.39 Å². The lowest BCUT2D eigenvalue weighted by Crippen LogP contribution is -1.99. The summed E-state index contributed by atoms with van der Waals surface area (Å²) in [7, 11) is 0. The Labute approximate surface area is 109 Å². The number of nitrogens with one attached hydrogen (secondary N) is 1. The topological polar surface area (TPSA) is 12.0 Å². The maximum absolute atomic E-state index is 12.7. The van der Waals surface area contributed by atoms with E-state index in [1.807, 2.05) is 6.07 Å². The SMILES string of the molecule is Fc1ccc(NCc2ccc(Cl)c(Cl)c2)cc1. The van der Waals surface area contributed by atoms with E-state index in [9.17, 15) is 4.39 Å². The fraction of sp³-hybridized carbons (Fsp3) is 0.0769. The Bertz CT molecular complexity index is 511. The van der Waals surface area contributed by atoms with Crippen molar-refractivity contribution < 1.29 is 4.39 Å². The number of halogens is 3. The lowest BCUT2D eigenvalue weighted by molar-refractivity contribution is 0.628. The van der Waals surface area contributed by atoms with Gasteiger partial charge in [0.1, 0.15) is 5.82 Å². The van der Waals surface area contributed by atoms with Gasteiger partial charge in [-0.1, -0.05) is 29.3 Å². The number of anilines is 1. The van der Waals surface area contributed by atoms with Crippen LogP contribution in [0.25, 0.3) is 0 Å². The van der Waals surface area contributed by atoms with E-state index in [0.29, 0.717) is 16.6 Å². The first kappa shape index (κ1) is 12.2. The number of benzene rings is 2. The average molecular weight is 270 g/mol. The average Bonchev–Trinajstić information content (AvgIpc) is 2.33. The molecule has 0 amide bonds. The van der Waals surface area contributed by atoms with E-state index in [1.54, 1.807) is 24.3 Å². The lowest BCUT2D eigenvalue weighted by atomic mass is 10.2. The quantitative estimate of drug-likeness (QED) is 0.849. The van der Waals surface area contributed by atoms with Gasteiger partial charge in [0.15, 0.2) is 0 Å². The smallest absolute Gasteiger partial charge is 0.123 e. The second-order valence-electron chi connectivity index (χ2n) is 3.61. The standard InChI is InChI=1S/C13H10Cl2FN/c14-12-6-1-9(7-13(12)15)8-17-11-4-2-10(16)3-5-11/h1-7,17H,8H2. The first-order chi connectivity index (χ1) is 8.15. The van der Waals surface area contributed by atoms with E-state index in [-0.39, 0.29) is 5.82 Å². The lowest BCUT2D eigenvalue weighted by Gasteiger charge is -2.07. The Morgan fingerprint density at radius 1 is 0.941 bits per heavy atom. The monoisotopic (exact) mass is 269 g/mol. The van der Waals surface area contributed by atoms with Gasteiger partial charge in [0.25, 0.3) is 0 Å². The summed E-state index contributed by atoms with van der Waals surface area (Å²) in [5.41, 5.74) is 1.88. The predicted octanol–water partition coefficient (Wildman–Crippen LogP) is 4.74. The molecule has 0 atom stereocenters. The summed E-state index contributed by atoms with van der Waals surface area (Å²) in [4.78, 5) is 0. The molecular formula is C13H10Cl2FN. The van der Waals surface area contributed by atoms with E-state index in [2.05, 4.69) is 5.32 Å². The molecule has 0 radical (unpaired) electrons. The van der Waals surface area contributed by atoms with Crippen LogP contribution in [0.5, 0.6) is 0 Å². The molecule has 2 rings (SSSR count). The zero-order valence-electron chi connectivity index (χ0n) is 8.88. The van der Waals surface area contributed by atoms with Crippen LogP contribution in [0.3, 0.4) is 0 Å². The normalized spacial score (nSPS) is 10.3. The molecule has 4 heteroatoms. The zero-order valence-corrected chi connectivity index (χ0v) is 10.4. The third kappa shape index (κ3) is 3.35. The number of rotatable bonds is 3. The van der Waals surface area contributed by atoms with E-state index < -0.39 is 0 Å². The van der Waals surface area contributed by atoms with E-state index in [0.717, 1.165) is 11.3 Å². The Morgan fingerprint density at radius 2 is 1.65 bits per heavy atom. The van der Waals surface area contributed by atoms with E-state index >= 15 is 0 Å². The highest BCUT2D eigenvalue weighted by atomic mass is 35.5. The van der Waals surface area contributed by atoms with Crippen molar-refractivity contribution in [2.75, 3.05) is 5.32 Å². The largest absolute Gasteiger partial charge is 0.381 e. The molecule has 0 spiro atoms. The summed E-state index contributed by atoms with van der Waals surface area (Å²) in [6, 6.07) is 11.7. The van der Waals surface area contributed by atoms with Gasteiger partial charge in [-0.3, -0.25) is 0 Å². The van der Waals surface area contributed by atoms with Crippen molar-refractivity contribution in [3.8, 4) is 0 Å². The van der Waals surface area contributed by atoms with Crippen LogP contribution < -0.4 is 5.32 Å². The fourth-order valence-electron chi connectivity index (χ4n) is 1.42. The highest BCUT2D eigenvalue weighted by Crippen LogP contribution is 2.23. The van der Waals surface area contributed by atoms with E-state index in [1.165, 1.54) is 12.1 Å². The molecule has 0 aliphatic heterocycles. The van der Waals surface area contributed by atoms with Gasteiger partial charge in [0, 0.05) is 12.2 Å². The molecule has 0 aliphatic rings. The first-order valence-corrected chi connectivity index (χ1v) is 5.84. The fourth-order valence-corrected chi connectivity index (χ4v) is 1.74. The maximum Gasteiger partial charge on any atom is 0.123 e. The van der Waals surface area contributed by atoms with Crippen LogP contribution in [0.4, 0.5) is 10.1 Å². The number of hydrogen-bond donors (Lipinski definition) is 1. The zero-order chi connectivity index (χ0) is 12.3. The minimum absolute atomic E-state index is 0.245. The summed E-state index contributed by atoms with van der Waals surface area (Å²) in [6.07, 6.45) is 0. The molecule has 0 heterocycles. The van der Waals surface area contributed by atoms with Crippen molar-refractivity contribution in [1.29, 1.82) is 0 Å². The van der Waals surface area contributed by atoms with Crippen LogP contribution in [0.2, 0.25) is 10.0 Å². The molecular weight excluding hydrogens is 260 g/mol. The van der Waals surface area contributed by atoms with Crippen molar-refractivity contribution in [2.24, 2.45) is 0 Å². The molecule has 1 nitrogen and oxygen atoms in total. The van der Waals surface area contributed by atoms with Crippen LogP contribution in [0.1, 0.15) is 5.56 Å². The highest BCUT2D eigenvalue weighted by Gasteiger charge is 1.99. The van der Waals surface area contributed by atoms with Crippen molar-refractivity contribution in [3.63, 3.8) is 0 Å². The van der Waals surface area contributed by atoms with Crippen LogP contribution in [-0.4, -0.2) is 0 Å². The Morgan fingerprint density at radius 3 is 2.29 bits per heavy atom. The predicted molar refractivity (Wildman–Crippen MR) is 70.2 cm³/mol. The highest BCUT2D eigenvalue weighted by molar-refractivity contribution is 6.42. The molecule has 0 fully saturated rings. The summed E-state index contributed by atoms with van der Waals surface area (Å²) in [5, 5.41) is 4.24. The molecule has 0 unspecified atom stereocenters. The van der Waals surface area contributed by atoms with Gasteiger partial charge < -0.3 is 5.32 Å². The minimum atomic E-state index is -0.245. The van der Waals surface area contributed by atoms with Gasteiger partial charge in [0.05, 0.1) is 10.0 Å². The Balaban J connectivity index is 2.02. The minimum Gasteiger partial charge on any atom is -0.381 e. The van der Waals surface area contributed by atoms with Crippen LogP contribution in [0, 0.1) is 5.82 Å². The molecule has 0 bridgehead atoms. The molecule has 2 aromatic rings. The molecule has 0 saturated heterocycles. The van der Waals surface area contributed by atoms with Gasteiger partial charge in [0.2, 0.25) is 0 Å². The molecule has 0 aromatic heterocycles. The summed E-state index contributed by atoms with van der Waals surface area (Å²) < 4.78 is 12.7. The van der Waals surface area contributed by atoms with Crippen molar-refractivity contribution in [3.05, 3.63) is 63.9 Å². The van der Waals surface area contributed by atoms with Gasteiger partial charge >= 0.3 is 0 Å².